The molecule has 0 saturated carbocycles. The molecular weight excluding hydrogens is 262 g/mol. The first kappa shape index (κ1) is 16.3. The number of aliphatic hydroxyl groups excluding tert-OH is 1. The van der Waals surface area contributed by atoms with E-state index in [1.54, 1.807) is 0 Å². The van der Waals surface area contributed by atoms with E-state index in [0.29, 0.717) is 6.61 Å². The van der Waals surface area contributed by atoms with Gasteiger partial charge in [-0.2, -0.15) is 0 Å². The summed E-state index contributed by atoms with van der Waals surface area (Å²) in [5, 5.41) is 10.8. The Kier molecular flexibility index (Phi) is 6.07. The van der Waals surface area contributed by atoms with Crippen molar-refractivity contribution in [3.05, 3.63) is 29.3 Å². The molecule has 0 aromatic heterocycles. The molecule has 3 heteroatoms. The number of aliphatic hydroxyl groups is 1. The van der Waals surface area contributed by atoms with Crippen LogP contribution in [0.2, 0.25) is 0 Å². The summed E-state index contributed by atoms with van der Waals surface area (Å²) < 4.78 is 5.98. The third kappa shape index (κ3) is 3.78. The molecule has 3 nitrogen and oxygen atoms in total. The van der Waals surface area contributed by atoms with Gasteiger partial charge in [0.15, 0.2) is 0 Å². The molecule has 1 aromatic carbocycles. The molecule has 0 amide bonds. The highest BCUT2D eigenvalue weighted by molar-refractivity contribution is 5.44. The fourth-order valence-electron chi connectivity index (χ4n) is 3.04. The number of aryl methyl sites for hydroxylation is 1. The first-order valence-electron chi connectivity index (χ1n) is 8.33. The fourth-order valence-corrected chi connectivity index (χ4v) is 3.04. The number of hydrogen-bond acceptors (Lipinski definition) is 3. The lowest BCUT2D eigenvalue weighted by molar-refractivity contribution is 0.00185. The van der Waals surface area contributed by atoms with Gasteiger partial charge in [-0.25, -0.2) is 0 Å². The van der Waals surface area contributed by atoms with Gasteiger partial charge in [0.2, 0.25) is 0 Å². The second-order valence-corrected chi connectivity index (χ2v) is 6.06. The summed E-state index contributed by atoms with van der Waals surface area (Å²) in [7, 11) is 0. The van der Waals surface area contributed by atoms with E-state index < -0.39 is 6.10 Å². The first-order valence-corrected chi connectivity index (χ1v) is 8.33. The highest BCUT2D eigenvalue weighted by Gasteiger charge is 2.33. The summed E-state index contributed by atoms with van der Waals surface area (Å²) in [6.07, 6.45) is 4.27. The molecule has 0 radical (unpaired) electrons. The molecule has 118 valence electrons. The van der Waals surface area contributed by atoms with Crippen LogP contribution in [0.3, 0.4) is 0 Å². The lowest BCUT2D eigenvalue weighted by Gasteiger charge is -2.39. The second kappa shape index (κ2) is 7.81. The lowest BCUT2D eigenvalue weighted by Crippen LogP contribution is -2.46. The molecule has 1 heterocycles. The van der Waals surface area contributed by atoms with Crippen molar-refractivity contribution in [2.45, 2.75) is 58.6 Å². The Labute approximate surface area is 128 Å². The molecule has 2 rings (SSSR count). The lowest BCUT2D eigenvalue weighted by atomic mass is 9.95. The van der Waals surface area contributed by atoms with Crippen LogP contribution >= 0.6 is 0 Å². The van der Waals surface area contributed by atoms with E-state index in [9.17, 15) is 5.11 Å². The van der Waals surface area contributed by atoms with Gasteiger partial charge in [0.05, 0.1) is 6.04 Å². The molecule has 0 spiro atoms. The van der Waals surface area contributed by atoms with Gasteiger partial charge >= 0.3 is 0 Å². The van der Waals surface area contributed by atoms with Crippen LogP contribution in [0.15, 0.2) is 18.2 Å². The van der Waals surface area contributed by atoms with Crippen molar-refractivity contribution in [3.8, 4) is 5.75 Å². The Morgan fingerprint density at radius 3 is 2.48 bits per heavy atom. The van der Waals surface area contributed by atoms with Gasteiger partial charge < -0.3 is 9.84 Å². The molecule has 2 unspecified atom stereocenters. The molecule has 21 heavy (non-hydrogen) atoms. The maximum Gasteiger partial charge on any atom is 0.128 e. The third-order valence-electron chi connectivity index (χ3n) is 4.39. The van der Waals surface area contributed by atoms with Crippen molar-refractivity contribution in [1.82, 2.24) is 4.90 Å². The quantitative estimate of drug-likeness (QED) is 0.831. The third-order valence-corrected chi connectivity index (χ3v) is 4.39. The molecule has 0 fully saturated rings. The summed E-state index contributed by atoms with van der Waals surface area (Å²) in [6.45, 7) is 9.14. The van der Waals surface area contributed by atoms with Crippen LogP contribution in [-0.4, -0.2) is 35.7 Å². The number of nitrogens with zero attached hydrogens (tertiary/aromatic N) is 1. The van der Waals surface area contributed by atoms with Crippen LogP contribution in [0.5, 0.6) is 5.75 Å². The van der Waals surface area contributed by atoms with Crippen LogP contribution in [0.1, 0.15) is 56.8 Å². The number of rotatable bonds is 7. The zero-order chi connectivity index (χ0) is 15.2. The SMILES string of the molecule is CCCCN(CCCC)C1COc2c(C)cccc2C1O. The standard InChI is InChI=1S/C18H29NO2/c1-4-6-11-19(12-7-5-2)16-13-21-18-14(3)9-8-10-15(18)17(16)20/h8-10,16-17,20H,4-7,11-13H2,1-3H3. The zero-order valence-electron chi connectivity index (χ0n) is 13.6. The van der Waals surface area contributed by atoms with Crippen LogP contribution < -0.4 is 4.74 Å². The molecule has 0 saturated heterocycles. The summed E-state index contributed by atoms with van der Waals surface area (Å²) >= 11 is 0. The minimum absolute atomic E-state index is 0.0809. The number of para-hydroxylation sites is 1. The normalized spacial score (nSPS) is 21.2. The van der Waals surface area contributed by atoms with Gasteiger partial charge in [-0.15, -0.1) is 0 Å². The Hall–Kier alpha value is -1.06. The number of benzene rings is 1. The minimum atomic E-state index is -0.442. The van der Waals surface area contributed by atoms with Crippen molar-refractivity contribution >= 4 is 0 Å². The Morgan fingerprint density at radius 1 is 1.19 bits per heavy atom. The van der Waals surface area contributed by atoms with E-state index in [2.05, 4.69) is 18.7 Å². The van der Waals surface area contributed by atoms with Crippen molar-refractivity contribution < 1.29 is 9.84 Å². The minimum Gasteiger partial charge on any atom is -0.491 e. The Balaban J connectivity index is 2.15. The van der Waals surface area contributed by atoms with Crippen molar-refractivity contribution in [2.75, 3.05) is 19.7 Å². The topological polar surface area (TPSA) is 32.7 Å². The van der Waals surface area contributed by atoms with E-state index in [1.165, 1.54) is 25.7 Å². The van der Waals surface area contributed by atoms with Gasteiger partial charge in [-0.05, 0) is 38.4 Å². The summed E-state index contributed by atoms with van der Waals surface area (Å²) in [5.41, 5.74) is 2.06. The highest BCUT2D eigenvalue weighted by Crippen LogP contribution is 2.36. The monoisotopic (exact) mass is 291 g/mol. The van der Waals surface area contributed by atoms with E-state index >= 15 is 0 Å². The van der Waals surface area contributed by atoms with Crippen molar-refractivity contribution in [2.24, 2.45) is 0 Å². The van der Waals surface area contributed by atoms with Crippen molar-refractivity contribution in [1.29, 1.82) is 0 Å². The molecule has 1 aliphatic heterocycles. The average molecular weight is 291 g/mol. The smallest absolute Gasteiger partial charge is 0.128 e. The van der Waals surface area contributed by atoms with Crippen LogP contribution in [0.25, 0.3) is 0 Å². The highest BCUT2D eigenvalue weighted by atomic mass is 16.5. The summed E-state index contributed by atoms with van der Waals surface area (Å²) in [4.78, 5) is 2.42. The first-order chi connectivity index (χ1) is 10.2. The van der Waals surface area contributed by atoms with Gasteiger partial charge in [0, 0.05) is 5.56 Å². The molecular formula is C18H29NO2. The predicted molar refractivity (Wildman–Crippen MR) is 86.8 cm³/mol. The molecule has 0 aliphatic carbocycles. The van der Waals surface area contributed by atoms with Gasteiger partial charge in [0.1, 0.15) is 18.5 Å². The second-order valence-electron chi connectivity index (χ2n) is 6.06. The van der Waals surface area contributed by atoms with E-state index in [1.807, 2.05) is 25.1 Å². The van der Waals surface area contributed by atoms with E-state index in [4.69, 9.17) is 4.74 Å². The van der Waals surface area contributed by atoms with Gasteiger partial charge in [0.25, 0.3) is 0 Å². The van der Waals surface area contributed by atoms with Crippen molar-refractivity contribution in [3.63, 3.8) is 0 Å². The molecule has 1 aromatic rings. The Bertz CT molecular complexity index is 439. The van der Waals surface area contributed by atoms with Gasteiger partial charge in [-0.1, -0.05) is 44.9 Å². The number of unbranched alkanes of at least 4 members (excludes halogenated alkanes) is 2. The maximum atomic E-state index is 10.8. The Morgan fingerprint density at radius 2 is 1.86 bits per heavy atom. The van der Waals surface area contributed by atoms with E-state index in [0.717, 1.165) is 30.0 Å². The number of hydrogen-bond donors (Lipinski definition) is 1. The number of fused-ring (bicyclic) bond motifs is 1. The maximum absolute atomic E-state index is 10.8. The average Bonchev–Trinajstić information content (AvgIpc) is 2.49. The number of ether oxygens (including phenoxy) is 1. The van der Waals surface area contributed by atoms with E-state index in [-0.39, 0.29) is 6.04 Å². The summed E-state index contributed by atoms with van der Waals surface area (Å²) in [6, 6.07) is 6.12. The largest absolute Gasteiger partial charge is 0.491 e. The predicted octanol–water partition coefficient (Wildman–Crippen LogP) is 3.69. The van der Waals surface area contributed by atoms with Crippen LogP contribution in [0, 0.1) is 6.92 Å². The fraction of sp³-hybridized carbons (Fsp3) is 0.667. The molecule has 2 atom stereocenters. The van der Waals surface area contributed by atoms with Crippen LogP contribution in [0.4, 0.5) is 0 Å². The summed E-state index contributed by atoms with van der Waals surface area (Å²) in [5.74, 6) is 0.882. The molecule has 1 N–H and O–H groups in total. The molecule has 1 aliphatic rings. The van der Waals surface area contributed by atoms with Gasteiger partial charge in [-0.3, -0.25) is 4.90 Å². The van der Waals surface area contributed by atoms with Crippen LogP contribution in [-0.2, 0) is 0 Å². The molecule has 0 bridgehead atoms. The zero-order valence-corrected chi connectivity index (χ0v) is 13.6.